The van der Waals surface area contributed by atoms with E-state index in [4.69, 9.17) is 0 Å². The van der Waals surface area contributed by atoms with Gasteiger partial charge in [-0.2, -0.15) is 0 Å². The molecule has 8 heteroatoms. The van der Waals surface area contributed by atoms with Crippen molar-refractivity contribution in [3.05, 3.63) is 15.1 Å². The fourth-order valence-electron chi connectivity index (χ4n) is 5.76. The van der Waals surface area contributed by atoms with Crippen molar-refractivity contribution in [3.63, 3.8) is 0 Å². The number of anilines is 1. The van der Waals surface area contributed by atoms with Crippen molar-refractivity contribution in [1.29, 1.82) is 0 Å². The summed E-state index contributed by atoms with van der Waals surface area (Å²) >= 11 is 1.48. The molecule has 1 N–H and O–H groups in total. The first-order valence-corrected chi connectivity index (χ1v) is 9.62. The summed E-state index contributed by atoms with van der Waals surface area (Å²) in [6.07, 6.45) is 8.12. The van der Waals surface area contributed by atoms with Gasteiger partial charge in [0.2, 0.25) is 17.1 Å². The van der Waals surface area contributed by atoms with Gasteiger partial charge in [0.1, 0.15) is 10.9 Å². The second-order valence-electron chi connectivity index (χ2n) is 8.29. The Morgan fingerprint density at radius 1 is 1.12 bits per heavy atom. The third kappa shape index (κ3) is 2.26. The molecule has 5 aliphatic rings. The molecule has 128 valence electrons. The van der Waals surface area contributed by atoms with E-state index in [-0.39, 0.29) is 16.2 Å². The molecule has 5 fully saturated rings. The van der Waals surface area contributed by atoms with E-state index in [1.165, 1.54) is 49.9 Å². The lowest BCUT2D eigenvalue weighted by molar-refractivity contribution is -0.497. The van der Waals surface area contributed by atoms with Gasteiger partial charge in [-0.3, -0.25) is 14.9 Å². The molecular weight excluding hydrogens is 328 g/mol. The molecule has 0 radical (unpaired) electrons. The van der Waals surface area contributed by atoms with Crippen LogP contribution in [0.15, 0.2) is 0 Å². The number of carbonyl (C=O) groups excluding carboxylic acids is 1. The quantitative estimate of drug-likeness (QED) is 0.666. The van der Waals surface area contributed by atoms with Crippen LogP contribution in [0.1, 0.15) is 50.0 Å². The maximum atomic E-state index is 12.1. The van der Waals surface area contributed by atoms with Crippen molar-refractivity contribution in [3.8, 4) is 0 Å². The van der Waals surface area contributed by atoms with Crippen LogP contribution in [0.5, 0.6) is 0 Å². The number of carbonyl (C=O) groups is 1. The molecule has 2 atom stereocenters. The zero-order chi connectivity index (χ0) is 16.5. The normalized spacial score (nSPS) is 42.1. The highest BCUT2D eigenvalue weighted by Crippen LogP contribution is 2.61. The first-order valence-electron chi connectivity index (χ1n) is 8.81. The minimum atomic E-state index is -0.722. The van der Waals surface area contributed by atoms with Gasteiger partial charge in [0.15, 0.2) is 0 Å². The monoisotopic (exact) mass is 348 g/mol. The predicted octanol–water partition coefficient (Wildman–Crippen LogP) is 2.61. The second kappa shape index (κ2) is 4.97. The average molecular weight is 348 g/mol. The first-order chi connectivity index (χ1) is 11.5. The molecule has 0 spiro atoms. The van der Waals surface area contributed by atoms with Gasteiger partial charge in [-0.15, -0.1) is 10.2 Å². The topological polar surface area (TPSA) is 98.0 Å². The van der Waals surface area contributed by atoms with E-state index >= 15 is 0 Å². The summed E-state index contributed by atoms with van der Waals surface area (Å²) in [5.74, 6) is 1.72. The van der Waals surface area contributed by atoms with Gasteiger partial charge in [0, 0.05) is 16.8 Å². The van der Waals surface area contributed by atoms with Crippen LogP contribution in [-0.2, 0) is 10.2 Å². The molecule has 7 nitrogen and oxygen atoms in total. The molecule has 5 aliphatic carbocycles. The molecule has 24 heavy (non-hydrogen) atoms. The highest BCUT2D eigenvalue weighted by atomic mass is 32.1. The summed E-state index contributed by atoms with van der Waals surface area (Å²) in [6, 6.07) is -0.722. The van der Waals surface area contributed by atoms with Crippen molar-refractivity contribution in [1.82, 2.24) is 10.2 Å². The van der Waals surface area contributed by atoms with Crippen LogP contribution < -0.4 is 5.32 Å². The fourth-order valence-corrected chi connectivity index (χ4v) is 6.72. The Kier molecular flexibility index (Phi) is 3.05. The molecule has 1 aromatic rings. The van der Waals surface area contributed by atoms with Crippen LogP contribution in [0, 0.1) is 33.8 Å². The number of nitro groups is 1. The molecule has 1 heterocycles. The van der Waals surface area contributed by atoms with Gasteiger partial charge in [0.25, 0.3) is 0 Å². The van der Waals surface area contributed by atoms with Crippen LogP contribution >= 0.6 is 11.3 Å². The van der Waals surface area contributed by atoms with Gasteiger partial charge < -0.3 is 5.32 Å². The Hall–Kier alpha value is -1.57. The fraction of sp³-hybridized carbons (Fsp3) is 0.812. The molecular formula is C16H20N4O3S. The Morgan fingerprint density at radius 2 is 1.75 bits per heavy atom. The van der Waals surface area contributed by atoms with Crippen molar-refractivity contribution in [2.75, 3.05) is 5.32 Å². The van der Waals surface area contributed by atoms with Gasteiger partial charge >= 0.3 is 0 Å². The molecule has 0 aliphatic heterocycles. The Morgan fingerprint density at radius 3 is 2.29 bits per heavy atom. The summed E-state index contributed by atoms with van der Waals surface area (Å²) < 4.78 is 0. The zero-order valence-electron chi connectivity index (χ0n) is 13.3. The summed E-state index contributed by atoms with van der Waals surface area (Å²) in [6.45, 7) is 0. The van der Waals surface area contributed by atoms with Crippen molar-refractivity contribution >= 4 is 22.4 Å². The van der Waals surface area contributed by atoms with E-state index in [0.29, 0.717) is 11.6 Å². The smallest absolute Gasteiger partial charge is 0.236 e. The lowest BCUT2D eigenvalue weighted by Gasteiger charge is -2.55. The predicted molar refractivity (Wildman–Crippen MR) is 87.3 cm³/mol. The van der Waals surface area contributed by atoms with E-state index < -0.39 is 12.0 Å². The number of rotatable bonds is 4. The summed E-state index contributed by atoms with van der Waals surface area (Å²) in [5.41, 5.74) is 0.179. The van der Waals surface area contributed by atoms with Gasteiger partial charge in [-0.25, -0.2) is 0 Å². The SMILES string of the molecule is O=C(Nc1nnc(C23CC4CC(CC(C4)C2)C3)s1)[C@H]1C[C@H]1[N+](=O)[O-]. The van der Waals surface area contributed by atoms with Crippen LogP contribution in [0.3, 0.4) is 0 Å². The Labute approximate surface area is 143 Å². The largest absolute Gasteiger partial charge is 0.300 e. The summed E-state index contributed by atoms with van der Waals surface area (Å²) in [4.78, 5) is 22.4. The van der Waals surface area contributed by atoms with Gasteiger partial charge in [-0.05, 0) is 56.3 Å². The number of hydrogen-bond acceptors (Lipinski definition) is 6. The third-order valence-electron chi connectivity index (χ3n) is 6.51. The number of nitrogens with one attached hydrogen (secondary N) is 1. The third-order valence-corrected chi connectivity index (χ3v) is 7.60. The lowest BCUT2D eigenvalue weighted by atomic mass is 9.50. The minimum Gasteiger partial charge on any atom is -0.300 e. The van der Waals surface area contributed by atoms with Gasteiger partial charge in [0.05, 0.1) is 0 Å². The Bertz CT molecular complexity index is 683. The molecule has 5 saturated carbocycles. The molecule has 0 aromatic carbocycles. The summed E-state index contributed by atoms with van der Waals surface area (Å²) in [5, 5.41) is 23.6. The summed E-state index contributed by atoms with van der Waals surface area (Å²) in [7, 11) is 0. The molecule has 6 rings (SSSR count). The maximum Gasteiger partial charge on any atom is 0.236 e. The number of amides is 1. The van der Waals surface area contributed by atoms with Crippen LogP contribution in [-0.4, -0.2) is 27.1 Å². The van der Waals surface area contributed by atoms with Crippen molar-refractivity contribution < 1.29 is 9.72 Å². The van der Waals surface area contributed by atoms with E-state index in [1.54, 1.807) is 0 Å². The molecule has 4 bridgehead atoms. The van der Waals surface area contributed by atoms with E-state index in [0.717, 1.165) is 22.8 Å². The van der Waals surface area contributed by atoms with Gasteiger partial charge in [-0.1, -0.05) is 11.3 Å². The van der Waals surface area contributed by atoms with E-state index in [2.05, 4.69) is 15.5 Å². The molecule has 0 saturated heterocycles. The highest BCUT2D eigenvalue weighted by Gasteiger charge is 2.54. The van der Waals surface area contributed by atoms with E-state index in [9.17, 15) is 14.9 Å². The zero-order valence-corrected chi connectivity index (χ0v) is 14.1. The second-order valence-corrected chi connectivity index (χ2v) is 9.27. The van der Waals surface area contributed by atoms with Crippen LogP contribution in [0.2, 0.25) is 0 Å². The maximum absolute atomic E-state index is 12.1. The molecule has 1 aromatic heterocycles. The lowest BCUT2D eigenvalue weighted by Crippen LogP contribution is -2.48. The van der Waals surface area contributed by atoms with Crippen molar-refractivity contribution in [2.24, 2.45) is 23.7 Å². The van der Waals surface area contributed by atoms with Crippen LogP contribution in [0.4, 0.5) is 5.13 Å². The van der Waals surface area contributed by atoms with Crippen molar-refractivity contribution in [2.45, 2.75) is 56.4 Å². The Balaban J connectivity index is 1.31. The number of aromatic nitrogens is 2. The van der Waals surface area contributed by atoms with E-state index in [1.807, 2.05) is 0 Å². The highest BCUT2D eigenvalue weighted by molar-refractivity contribution is 7.15. The average Bonchev–Trinajstić information content (AvgIpc) is 3.19. The minimum absolute atomic E-state index is 0.179. The molecule has 0 unspecified atom stereocenters. The molecule has 1 amide bonds. The number of nitrogens with zero attached hydrogens (tertiary/aromatic N) is 3. The standard InChI is InChI=1S/C16H20N4O3S/c21-13(11-4-12(11)20(22)23)17-15-19-18-14(24-15)16-5-8-1-9(6-16)3-10(2-8)7-16/h8-12H,1-7H2,(H,17,19,21)/t8?,9?,10?,11-,12+,16?/m0/s1. The number of hydrogen-bond donors (Lipinski definition) is 1. The first kappa shape index (κ1) is 14.7. The van der Waals surface area contributed by atoms with Crippen LogP contribution in [0.25, 0.3) is 0 Å².